The third-order valence-electron chi connectivity index (χ3n) is 4.41. The van der Waals surface area contributed by atoms with Crippen molar-refractivity contribution in [1.82, 2.24) is 0 Å². The van der Waals surface area contributed by atoms with Crippen LogP contribution < -0.4 is 0 Å². The number of hydrogen-bond acceptors (Lipinski definition) is 3. The molecule has 23 heavy (non-hydrogen) atoms. The first-order valence-electron chi connectivity index (χ1n) is 9.51. The van der Waals surface area contributed by atoms with Gasteiger partial charge in [0.25, 0.3) is 0 Å². The Labute approximate surface area is 167 Å². The van der Waals surface area contributed by atoms with Crippen molar-refractivity contribution < 1.29 is 14.6 Å². The van der Waals surface area contributed by atoms with Crippen LogP contribution in [-0.4, -0.2) is 67.2 Å². The molecule has 2 unspecified atom stereocenters. The van der Waals surface area contributed by atoms with Gasteiger partial charge in [-0.05, 0) is 24.7 Å². The number of unbranched alkanes of at least 4 members (excludes halogenated alkanes) is 2. The summed E-state index contributed by atoms with van der Waals surface area (Å²) < 4.78 is 11.3. The average Bonchev–Trinajstić information content (AvgIpc) is 2.53. The minimum atomic E-state index is -0.493. The van der Waals surface area contributed by atoms with Gasteiger partial charge in [0.15, 0.2) is 0 Å². The second-order valence-electron chi connectivity index (χ2n) is 6.56. The second kappa shape index (κ2) is 19.2. The summed E-state index contributed by atoms with van der Waals surface area (Å²) >= 11 is 0. The second-order valence-corrected chi connectivity index (χ2v) is 6.56. The largest absolute Gasteiger partial charge is 0.388 e. The fourth-order valence-corrected chi connectivity index (χ4v) is 2.59. The number of aliphatic hydroxyl groups excluding tert-OH is 1. The van der Waals surface area contributed by atoms with Crippen LogP contribution in [0.15, 0.2) is 0 Å². The Morgan fingerprint density at radius 2 is 1.09 bits per heavy atom. The van der Waals surface area contributed by atoms with Crippen molar-refractivity contribution in [3.8, 4) is 0 Å². The molecule has 0 aromatic carbocycles. The van der Waals surface area contributed by atoms with Crippen molar-refractivity contribution >= 4 is 29.6 Å². The summed E-state index contributed by atoms with van der Waals surface area (Å²) in [5.74, 6) is 1.26. The molecule has 0 spiro atoms. The minimum absolute atomic E-state index is 0. The van der Waals surface area contributed by atoms with Crippen LogP contribution >= 0.6 is 0 Å². The Bertz CT molecular complexity index is 205. The van der Waals surface area contributed by atoms with Crippen molar-refractivity contribution in [2.24, 2.45) is 11.8 Å². The molecule has 0 aliphatic heterocycles. The third-order valence-corrected chi connectivity index (χ3v) is 4.41. The van der Waals surface area contributed by atoms with Crippen molar-refractivity contribution in [3.05, 3.63) is 0 Å². The van der Waals surface area contributed by atoms with Crippen LogP contribution in [0.2, 0.25) is 0 Å². The molecule has 4 heteroatoms. The predicted octanol–water partition coefficient (Wildman–Crippen LogP) is 4.43. The molecule has 0 aliphatic carbocycles. The van der Waals surface area contributed by atoms with Gasteiger partial charge in [0.2, 0.25) is 0 Å². The molecule has 0 saturated carbocycles. The van der Waals surface area contributed by atoms with Crippen molar-refractivity contribution in [1.29, 1.82) is 0 Å². The van der Waals surface area contributed by atoms with Crippen LogP contribution in [0.4, 0.5) is 0 Å². The van der Waals surface area contributed by atoms with E-state index in [1.54, 1.807) is 0 Å². The van der Waals surface area contributed by atoms with E-state index in [1.807, 2.05) is 0 Å². The molecule has 1 radical (unpaired) electrons. The predicted molar refractivity (Wildman–Crippen MR) is 100 cm³/mol. The topological polar surface area (TPSA) is 38.7 Å². The van der Waals surface area contributed by atoms with E-state index in [1.165, 1.54) is 38.5 Å². The van der Waals surface area contributed by atoms with E-state index in [0.717, 1.165) is 26.1 Å². The maximum atomic E-state index is 9.92. The van der Waals surface area contributed by atoms with Crippen LogP contribution in [0, 0.1) is 11.8 Å². The van der Waals surface area contributed by atoms with Crippen LogP contribution in [0.5, 0.6) is 0 Å². The molecular weight excluding hydrogens is 299 g/mol. The Morgan fingerprint density at radius 3 is 1.39 bits per heavy atom. The van der Waals surface area contributed by atoms with Crippen LogP contribution in [0.25, 0.3) is 0 Å². The standard InChI is InChI=1S/C19H40O3.Na/c1-5-9-11-17(7-3)13-21-15-19(20)16-22-14-18(8-4)12-10-6-2;/h17-20H,5-16H2,1-4H3;. The third kappa shape index (κ3) is 16.1. The minimum Gasteiger partial charge on any atom is -0.388 e. The molecule has 135 valence electrons. The quantitative estimate of drug-likeness (QED) is 0.423. The monoisotopic (exact) mass is 339 g/mol. The molecule has 0 aromatic heterocycles. The maximum absolute atomic E-state index is 9.92. The summed E-state index contributed by atoms with van der Waals surface area (Å²) in [5, 5.41) is 9.92. The fraction of sp³-hybridized carbons (Fsp3) is 1.00. The molecule has 0 bridgehead atoms. The van der Waals surface area contributed by atoms with Gasteiger partial charge in [-0.3, -0.25) is 0 Å². The van der Waals surface area contributed by atoms with Gasteiger partial charge >= 0.3 is 0 Å². The molecule has 3 nitrogen and oxygen atoms in total. The van der Waals surface area contributed by atoms with Gasteiger partial charge < -0.3 is 14.6 Å². The molecule has 2 atom stereocenters. The van der Waals surface area contributed by atoms with Crippen LogP contribution in [0.1, 0.15) is 79.1 Å². The number of ether oxygens (including phenoxy) is 2. The van der Waals surface area contributed by atoms with Crippen LogP contribution in [-0.2, 0) is 9.47 Å². The Balaban J connectivity index is 0. The Kier molecular flexibility index (Phi) is 21.8. The Morgan fingerprint density at radius 1 is 0.696 bits per heavy atom. The van der Waals surface area contributed by atoms with Gasteiger partial charge in [-0.2, -0.15) is 0 Å². The average molecular weight is 340 g/mol. The fourth-order valence-electron chi connectivity index (χ4n) is 2.59. The van der Waals surface area contributed by atoms with E-state index in [9.17, 15) is 5.11 Å². The summed E-state index contributed by atoms with van der Waals surface area (Å²) in [6.07, 6.45) is 9.29. The SMILES string of the molecule is CCCCC(CC)COCC(O)COCC(CC)CCCC.[Na]. The first-order valence-corrected chi connectivity index (χ1v) is 9.51. The zero-order valence-corrected chi connectivity index (χ0v) is 18.5. The molecule has 0 aliphatic rings. The summed E-state index contributed by atoms with van der Waals surface area (Å²) in [7, 11) is 0. The molecule has 0 fully saturated rings. The first kappa shape index (κ1) is 26.1. The molecule has 0 saturated heterocycles. The summed E-state index contributed by atoms with van der Waals surface area (Å²) in [5.41, 5.74) is 0. The normalized spacial score (nSPS) is 15.0. The smallest absolute Gasteiger partial charge is 0.101 e. The first-order chi connectivity index (χ1) is 10.7. The van der Waals surface area contributed by atoms with E-state index >= 15 is 0 Å². The van der Waals surface area contributed by atoms with Gasteiger partial charge in [-0.25, -0.2) is 0 Å². The summed E-state index contributed by atoms with van der Waals surface area (Å²) in [6.45, 7) is 11.2. The molecule has 0 rings (SSSR count). The van der Waals surface area contributed by atoms with Gasteiger partial charge in [0, 0.05) is 42.8 Å². The molecular formula is C19H40NaO3. The number of rotatable bonds is 16. The summed E-state index contributed by atoms with van der Waals surface area (Å²) in [6, 6.07) is 0. The molecule has 0 amide bonds. The number of aliphatic hydroxyl groups is 1. The van der Waals surface area contributed by atoms with Gasteiger partial charge in [0.1, 0.15) is 6.10 Å². The molecule has 1 N–H and O–H groups in total. The van der Waals surface area contributed by atoms with Gasteiger partial charge in [0.05, 0.1) is 13.2 Å². The van der Waals surface area contributed by atoms with E-state index in [0.29, 0.717) is 25.0 Å². The van der Waals surface area contributed by atoms with Gasteiger partial charge in [-0.15, -0.1) is 0 Å². The van der Waals surface area contributed by atoms with E-state index in [2.05, 4.69) is 27.7 Å². The van der Waals surface area contributed by atoms with Crippen molar-refractivity contribution in [2.45, 2.75) is 85.2 Å². The van der Waals surface area contributed by atoms with E-state index < -0.39 is 6.10 Å². The van der Waals surface area contributed by atoms with E-state index in [4.69, 9.17) is 9.47 Å². The molecule has 0 aromatic rings. The number of hydrogen-bond donors (Lipinski definition) is 1. The zero-order chi connectivity index (χ0) is 16.6. The van der Waals surface area contributed by atoms with Crippen molar-refractivity contribution in [3.63, 3.8) is 0 Å². The molecule has 0 heterocycles. The van der Waals surface area contributed by atoms with Crippen molar-refractivity contribution in [2.75, 3.05) is 26.4 Å². The zero-order valence-electron chi connectivity index (χ0n) is 16.5. The van der Waals surface area contributed by atoms with Crippen LogP contribution in [0.3, 0.4) is 0 Å². The maximum Gasteiger partial charge on any atom is 0.101 e. The Hall–Kier alpha value is 0.880. The summed E-state index contributed by atoms with van der Waals surface area (Å²) in [4.78, 5) is 0. The van der Waals surface area contributed by atoms with Gasteiger partial charge in [-0.1, -0.05) is 66.2 Å². The van der Waals surface area contributed by atoms with E-state index in [-0.39, 0.29) is 29.6 Å².